The summed E-state index contributed by atoms with van der Waals surface area (Å²) >= 11 is 5.88. The summed E-state index contributed by atoms with van der Waals surface area (Å²) in [5.41, 5.74) is 1.30. The second kappa shape index (κ2) is 5.02. The molecule has 2 aromatic rings. The van der Waals surface area contributed by atoms with Gasteiger partial charge in [0.1, 0.15) is 0 Å². The van der Waals surface area contributed by atoms with Gasteiger partial charge in [-0.3, -0.25) is 0 Å². The van der Waals surface area contributed by atoms with E-state index in [1.807, 2.05) is 24.5 Å². The SMILES string of the molecule is Clc1ccc(CCn2ccnc2NC2CC2)cc1. The van der Waals surface area contributed by atoms with E-state index in [0.29, 0.717) is 6.04 Å². The number of rotatable bonds is 5. The van der Waals surface area contributed by atoms with Gasteiger partial charge in [-0.15, -0.1) is 0 Å². The van der Waals surface area contributed by atoms with Crippen LogP contribution < -0.4 is 5.32 Å². The second-order valence-electron chi connectivity index (χ2n) is 4.74. The Morgan fingerprint density at radius 2 is 2.06 bits per heavy atom. The fourth-order valence-corrected chi connectivity index (χ4v) is 2.07. The molecule has 1 heterocycles. The molecular formula is C14H16ClN3. The summed E-state index contributed by atoms with van der Waals surface area (Å²) in [5, 5.41) is 4.23. The van der Waals surface area contributed by atoms with Crippen molar-refractivity contribution < 1.29 is 0 Å². The minimum Gasteiger partial charge on any atom is -0.353 e. The molecule has 1 saturated carbocycles. The predicted octanol–water partition coefficient (Wildman–Crippen LogP) is 3.35. The summed E-state index contributed by atoms with van der Waals surface area (Å²) < 4.78 is 2.17. The van der Waals surface area contributed by atoms with Crippen LogP contribution in [0, 0.1) is 0 Å². The molecule has 0 saturated heterocycles. The number of nitrogens with one attached hydrogen (secondary N) is 1. The highest BCUT2D eigenvalue weighted by molar-refractivity contribution is 6.30. The van der Waals surface area contributed by atoms with Crippen molar-refractivity contribution in [1.82, 2.24) is 9.55 Å². The number of aryl methyl sites for hydroxylation is 2. The fourth-order valence-electron chi connectivity index (χ4n) is 1.94. The molecule has 0 bridgehead atoms. The van der Waals surface area contributed by atoms with Gasteiger partial charge in [-0.1, -0.05) is 23.7 Å². The molecule has 0 spiro atoms. The summed E-state index contributed by atoms with van der Waals surface area (Å²) in [6.07, 6.45) is 7.41. The molecule has 1 fully saturated rings. The van der Waals surface area contributed by atoms with Crippen LogP contribution in [0.5, 0.6) is 0 Å². The molecule has 18 heavy (non-hydrogen) atoms. The van der Waals surface area contributed by atoms with E-state index >= 15 is 0 Å². The van der Waals surface area contributed by atoms with E-state index in [9.17, 15) is 0 Å². The number of benzene rings is 1. The minimum atomic E-state index is 0.640. The molecule has 1 aliphatic rings. The molecule has 1 aromatic carbocycles. The van der Waals surface area contributed by atoms with Crippen molar-refractivity contribution >= 4 is 17.5 Å². The van der Waals surface area contributed by atoms with Gasteiger partial charge >= 0.3 is 0 Å². The fraction of sp³-hybridized carbons (Fsp3) is 0.357. The monoisotopic (exact) mass is 261 g/mol. The van der Waals surface area contributed by atoms with E-state index in [1.165, 1.54) is 18.4 Å². The maximum Gasteiger partial charge on any atom is 0.202 e. The molecule has 0 atom stereocenters. The van der Waals surface area contributed by atoms with E-state index < -0.39 is 0 Å². The number of aromatic nitrogens is 2. The molecule has 0 amide bonds. The number of hydrogen-bond acceptors (Lipinski definition) is 2. The lowest BCUT2D eigenvalue weighted by Crippen LogP contribution is -2.10. The van der Waals surface area contributed by atoms with Crippen molar-refractivity contribution in [2.75, 3.05) is 5.32 Å². The average Bonchev–Trinajstić information content (AvgIpc) is 3.08. The third kappa shape index (κ3) is 2.85. The van der Waals surface area contributed by atoms with Gasteiger partial charge in [0.2, 0.25) is 5.95 Å². The van der Waals surface area contributed by atoms with Crippen LogP contribution in [0.4, 0.5) is 5.95 Å². The Hall–Kier alpha value is -1.48. The van der Waals surface area contributed by atoms with Gasteiger partial charge in [-0.2, -0.15) is 0 Å². The van der Waals surface area contributed by atoms with Crippen LogP contribution >= 0.6 is 11.6 Å². The lowest BCUT2D eigenvalue weighted by molar-refractivity contribution is 0.699. The molecule has 4 heteroatoms. The molecule has 1 N–H and O–H groups in total. The smallest absolute Gasteiger partial charge is 0.202 e. The lowest BCUT2D eigenvalue weighted by Gasteiger charge is -2.09. The lowest BCUT2D eigenvalue weighted by atomic mass is 10.1. The van der Waals surface area contributed by atoms with Crippen molar-refractivity contribution in [3.63, 3.8) is 0 Å². The topological polar surface area (TPSA) is 29.9 Å². The van der Waals surface area contributed by atoms with E-state index in [1.54, 1.807) is 0 Å². The van der Waals surface area contributed by atoms with Gasteiger partial charge in [0, 0.05) is 30.0 Å². The number of hydrogen-bond donors (Lipinski definition) is 1. The number of nitrogens with zero attached hydrogens (tertiary/aromatic N) is 2. The first-order valence-corrected chi connectivity index (χ1v) is 6.71. The van der Waals surface area contributed by atoms with Gasteiger partial charge in [0.25, 0.3) is 0 Å². The van der Waals surface area contributed by atoms with Gasteiger partial charge in [-0.25, -0.2) is 4.98 Å². The largest absolute Gasteiger partial charge is 0.353 e. The Morgan fingerprint density at radius 3 is 2.78 bits per heavy atom. The van der Waals surface area contributed by atoms with Crippen LogP contribution in [0.2, 0.25) is 5.02 Å². The number of imidazole rings is 1. The van der Waals surface area contributed by atoms with Crippen molar-refractivity contribution in [1.29, 1.82) is 0 Å². The molecule has 3 rings (SSSR count). The van der Waals surface area contributed by atoms with Crippen LogP contribution in [-0.2, 0) is 13.0 Å². The summed E-state index contributed by atoms with van der Waals surface area (Å²) in [6.45, 7) is 0.941. The molecule has 0 unspecified atom stereocenters. The highest BCUT2D eigenvalue weighted by Gasteiger charge is 2.22. The van der Waals surface area contributed by atoms with Gasteiger partial charge in [-0.05, 0) is 37.0 Å². The highest BCUT2D eigenvalue weighted by atomic mass is 35.5. The van der Waals surface area contributed by atoms with Gasteiger partial charge < -0.3 is 9.88 Å². The molecule has 1 aromatic heterocycles. The maximum atomic E-state index is 5.88. The third-order valence-electron chi connectivity index (χ3n) is 3.18. The van der Waals surface area contributed by atoms with Gasteiger partial charge in [0.05, 0.1) is 0 Å². The Morgan fingerprint density at radius 1 is 1.28 bits per heavy atom. The molecule has 3 nitrogen and oxygen atoms in total. The zero-order chi connectivity index (χ0) is 12.4. The normalized spacial score (nSPS) is 14.7. The molecule has 0 aliphatic heterocycles. The third-order valence-corrected chi connectivity index (χ3v) is 3.43. The van der Waals surface area contributed by atoms with Crippen molar-refractivity contribution in [3.8, 4) is 0 Å². The molecule has 94 valence electrons. The van der Waals surface area contributed by atoms with E-state index in [4.69, 9.17) is 11.6 Å². The number of halogens is 1. The Bertz CT molecular complexity index is 514. The van der Waals surface area contributed by atoms with Crippen LogP contribution in [-0.4, -0.2) is 15.6 Å². The van der Waals surface area contributed by atoms with Crippen LogP contribution in [0.1, 0.15) is 18.4 Å². The van der Waals surface area contributed by atoms with E-state index in [-0.39, 0.29) is 0 Å². The summed E-state index contributed by atoms with van der Waals surface area (Å²) in [6, 6.07) is 8.67. The van der Waals surface area contributed by atoms with Crippen LogP contribution in [0.15, 0.2) is 36.7 Å². The zero-order valence-electron chi connectivity index (χ0n) is 10.1. The van der Waals surface area contributed by atoms with Crippen molar-refractivity contribution in [2.24, 2.45) is 0 Å². The first-order chi connectivity index (χ1) is 8.81. The summed E-state index contributed by atoms with van der Waals surface area (Å²) in [7, 11) is 0. The second-order valence-corrected chi connectivity index (χ2v) is 5.18. The van der Waals surface area contributed by atoms with E-state index in [2.05, 4.69) is 27.0 Å². The first-order valence-electron chi connectivity index (χ1n) is 6.33. The zero-order valence-corrected chi connectivity index (χ0v) is 10.9. The van der Waals surface area contributed by atoms with Crippen molar-refractivity contribution in [2.45, 2.75) is 31.8 Å². The summed E-state index contributed by atoms with van der Waals surface area (Å²) in [5.74, 6) is 0.992. The number of anilines is 1. The maximum absolute atomic E-state index is 5.88. The molecule has 1 aliphatic carbocycles. The van der Waals surface area contributed by atoms with Gasteiger partial charge in [0.15, 0.2) is 0 Å². The predicted molar refractivity (Wildman–Crippen MR) is 74.0 cm³/mol. The Balaban J connectivity index is 1.62. The van der Waals surface area contributed by atoms with Crippen LogP contribution in [0.3, 0.4) is 0 Å². The van der Waals surface area contributed by atoms with Crippen LogP contribution in [0.25, 0.3) is 0 Å². The highest BCUT2D eigenvalue weighted by Crippen LogP contribution is 2.23. The Kier molecular flexibility index (Phi) is 3.24. The van der Waals surface area contributed by atoms with E-state index in [0.717, 1.165) is 23.9 Å². The molecule has 0 radical (unpaired) electrons. The summed E-state index contributed by atoms with van der Waals surface area (Å²) in [4.78, 5) is 4.35. The quantitative estimate of drug-likeness (QED) is 0.895. The average molecular weight is 262 g/mol. The van der Waals surface area contributed by atoms with Crippen molar-refractivity contribution in [3.05, 3.63) is 47.2 Å². The Labute approximate surface area is 112 Å². The minimum absolute atomic E-state index is 0.640. The molecular weight excluding hydrogens is 246 g/mol. The first kappa shape index (κ1) is 11.6. The standard InChI is InChI=1S/C14H16ClN3/c15-12-3-1-11(2-4-12)7-9-18-10-8-16-14(18)17-13-5-6-13/h1-4,8,10,13H,5-7,9H2,(H,16,17).